The standard InChI is InChI=1S/C10H14N2O2S2/c1-3-12-16(13,14)8-4-5-9(10(11)15)7(2)6-8/h4-6,12H,3H2,1-2H3,(H2,11,15). The maximum Gasteiger partial charge on any atom is 0.240 e. The third kappa shape index (κ3) is 2.78. The Morgan fingerprint density at radius 1 is 1.50 bits per heavy atom. The van der Waals surface area contributed by atoms with Crippen LogP contribution < -0.4 is 10.5 Å². The molecule has 0 amide bonds. The normalized spacial score (nSPS) is 11.4. The number of benzene rings is 1. The molecule has 0 fully saturated rings. The lowest BCUT2D eigenvalue weighted by Crippen LogP contribution is -2.23. The van der Waals surface area contributed by atoms with Gasteiger partial charge in [-0.3, -0.25) is 0 Å². The maximum atomic E-state index is 11.7. The highest BCUT2D eigenvalue weighted by molar-refractivity contribution is 7.89. The lowest BCUT2D eigenvalue weighted by Gasteiger charge is -2.08. The molecule has 1 rings (SSSR count). The molecule has 1 aromatic carbocycles. The maximum absolute atomic E-state index is 11.7. The first-order valence-electron chi connectivity index (χ1n) is 4.78. The molecule has 1 aromatic rings. The molecule has 0 saturated heterocycles. The van der Waals surface area contributed by atoms with E-state index >= 15 is 0 Å². The Hall–Kier alpha value is -0.980. The summed E-state index contributed by atoms with van der Waals surface area (Å²) >= 11 is 4.85. The highest BCUT2D eigenvalue weighted by Gasteiger charge is 2.14. The highest BCUT2D eigenvalue weighted by Crippen LogP contribution is 2.15. The molecule has 0 heterocycles. The minimum absolute atomic E-state index is 0.229. The second-order valence-electron chi connectivity index (χ2n) is 3.34. The van der Waals surface area contributed by atoms with Crippen LogP contribution in [-0.2, 0) is 10.0 Å². The number of nitrogens with two attached hydrogens (primary N) is 1. The number of aryl methyl sites for hydroxylation is 1. The van der Waals surface area contributed by atoms with Crippen molar-refractivity contribution in [3.63, 3.8) is 0 Å². The van der Waals surface area contributed by atoms with Gasteiger partial charge < -0.3 is 5.73 Å². The molecule has 0 aliphatic heterocycles. The average Bonchev–Trinajstić information content (AvgIpc) is 2.16. The monoisotopic (exact) mass is 258 g/mol. The Balaban J connectivity index is 3.21. The summed E-state index contributed by atoms with van der Waals surface area (Å²) in [6.07, 6.45) is 0. The molecule has 0 aliphatic rings. The van der Waals surface area contributed by atoms with Crippen molar-refractivity contribution in [2.45, 2.75) is 18.7 Å². The van der Waals surface area contributed by atoms with E-state index in [1.807, 2.05) is 0 Å². The van der Waals surface area contributed by atoms with E-state index in [0.717, 1.165) is 5.56 Å². The zero-order valence-electron chi connectivity index (χ0n) is 9.15. The van der Waals surface area contributed by atoms with Gasteiger partial charge in [0.15, 0.2) is 0 Å². The molecule has 0 bridgehead atoms. The number of sulfonamides is 1. The van der Waals surface area contributed by atoms with Crippen molar-refractivity contribution < 1.29 is 8.42 Å². The van der Waals surface area contributed by atoms with Crippen molar-refractivity contribution in [1.29, 1.82) is 0 Å². The van der Waals surface area contributed by atoms with Crippen LogP contribution in [0.1, 0.15) is 18.1 Å². The third-order valence-electron chi connectivity index (χ3n) is 2.11. The molecular formula is C10H14N2O2S2. The molecule has 0 aliphatic carbocycles. The fraction of sp³-hybridized carbons (Fsp3) is 0.300. The molecule has 3 N–H and O–H groups in total. The van der Waals surface area contributed by atoms with Crippen LogP contribution in [0.5, 0.6) is 0 Å². The van der Waals surface area contributed by atoms with Crippen LogP contribution in [0.4, 0.5) is 0 Å². The Labute approximate surface area is 101 Å². The number of hydrogen-bond donors (Lipinski definition) is 2. The molecule has 0 unspecified atom stereocenters. The van der Waals surface area contributed by atoms with Gasteiger partial charge in [-0.15, -0.1) is 0 Å². The molecule has 88 valence electrons. The molecule has 0 atom stereocenters. The van der Waals surface area contributed by atoms with Crippen molar-refractivity contribution in [2.75, 3.05) is 6.54 Å². The van der Waals surface area contributed by atoms with Crippen molar-refractivity contribution in [3.05, 3.63) is 29.3 Å². The average molecular weight is 258 g/mol. The van der Waals surface area contributed by atoms with Crippen LogP contribution in [0.15, 0.2) is 23.1 Å². The molecule has 6 heteroatoms. The van der Waals surface area contributed by atoms with E-state index in [1.54, 1.807) is 26.0 Å². The second-order valence-corrected chi connectivity index (χ2v) is 5.55. The minimum Gasteiger partial charge on any atom is -0.389 e. The van der Waals surface area contributed by atoms with Crippen LogP contribution in [0.3, 0.4) is 0 Å². The molecule has 0 radical (unpaired) electrons. The number of thiocarbonyl (C=S) groups is 1. The van der Waals surface area contributed by atoms with Gasteiger partial charge in [0.05, 0.1) is 4.90 Å². The van der Waals surface area contributed by atoms with Gasteiger partial charge in [0.2, 0.25) is 10.0 Å². The quantitative estimate of drug-likeness (QED) is 0.788. The third-order valence-corrected chi connectivity index (χ3v) is 3.87. The van der Waals surface area contributed by atoms with Gasteiger partial charge >= 0.3 is 0 Å². The van der Waals surface area contributed by atoms with Gasteiger partial charge in [-0.05, 0) is 24.6 Å². The molecule has 0 aromatic heterocycles. The summed E-state index contributed by atoms with van der Waals surface area (Å²) in [4.78, 5) is 0.497. The molecule has 0 spiro atoms. The zero-order chi connectivity index (χ0) is 12.3. The zero-order valence-corrected chi connectivity index (χ0v) is 10.8. The number of nitrogens with one attached hydrogen (secondary N) is 1. The van der Waals surface area contributed by atoms with E-state index in [2.05, 4.69) is 4.72 Å². The van der Waals surface area contributed by atoms with Gasteiger partial charge in [0.1, 0.15) is 4.99 Å². The largest absolute Gasteiger partial charge is 0.389 e. The van der Waals surface area contributed by atoms with Gasteiger partial charge in [-0.1, -0.05) is 25.2 Å². The Morgan fingerprint density at radius 2 is 2.12 bits per heavy atom. The van der Waals surface area contributed by atoms with Crippen molar-refractivity contribution >= 4 is 27.2 Å². The van der Waals surface area contributed by atoms with Crippen LogP contribution in [0.2, 0.25) is 0 Å². The summed E-state index contributed by atoms with van der Waals surface area (Å²) in [5, 5.41) is 0. The first kappa shape index (κ1) is 13.1. The van der Waals surface area contributed by atoms with Gasteiger partial charge in [0, 0.05) is 12.1 Å². The highest BCUT2D eigenvalue weighted by atomic mass is 32.2. The Morgan fingerprint density at radius 3 is 2.56 bits per heavy atom. The Bertz CT molecular complexity index is 510. The molecular weight excluding hydrogens is 244 g/mol. The minimum atomic E-state index is -3.41. The Kier molecular flexibility index (Phi) is 4.01. The summed E-state index contributed by atoms with van der Waals surface area (Å²) in [5.74, 6) is 0. The smallest absolute Gasteiger partial charge is 0.240 e. The summed E-state index contributed by atoms with van der Waals surface area (Å²) in [6.45, 7) is 3.87. The van der Waals surface area contributed by atoms with Gasteiger partial charge in [-0.2, -0.15) is 0 Å². The van der Waals surface area contributed by atoms with Gasteiger partial charge in [-0.25, -0.2) is 13.1 Å². The van der Waals surface area contributed by atoms with E-state index in [-0.39, 0.29) is 9.88 Å². The van der Waals surface area contributed by atoms with Gasteiger partial charge in [0.25, 0.3) is 0 Å². The summed E-state index contributed by atoms with van der Waals surface area (Å²) in [6, 6.07) is 4.69. The SMILES string of the molecule is CCNS(=O)(=O)c1ccc(C(N)=S)c(C)c1. The van der Waals surface area contributed by atoms with E-state index in [9.17, 15) is 8.42 Å². The number of hydrogen-bond acceptors (Lipinski definition) is 3. The van der Waals surface area contributed by atoms with Crippen LogP contribution in [0.25, 0.3) is 0 Å². The fourth-order valence-electron chi connectivity index (χ4n) is 1.35. The molecule has 16 heavy (non-hydrogen) atoms. The summed E-state index contributed by atoms with van der Waals surface area (Å²) < 4.78 is 25.8. The van der Waals surface area contributed by atoms with Crippen LogP contribution >= 0.6 is 12.2 Å². The van der Waals surface area contributed by atoms with Crippen LogP contribution in [0, 0.1) is 6.92 Å². The summed E-state index contributed by atoms with van der Waals surface area (Å²) in [5.41, 5.74) is 6.95. The molecule has 4 nitrogen and oxygen atoms in total. The van der Waals surface area contributed by atoms with Crippen LogP contribution in [-0.4, -0.2) is 20.0 Å². The summed E-state index contributed by atoms with van der Waals surface area (Å²) in [7, 11) is -3.41. The fourth-order valence-corrected chi connectivity index (χ4v) is 2.71. The molecule has 0 saturated carbocycles. The van der Waals surface area contributed by atoms with E-state index in [0.29, 0.717) is 12.1 Å². The van der Waals surface area contributed by atoms with Crippen molar-refractivity contribution in [1.82, 2.24) is 4.72 Å². The lowest BCUT2D eigenvalue weighted by atomic mass is 10.1. The van der Waals surface area contributed by atoms with Crippen molar-refractivity contribution in [2.24, 2.45) is 5.73 Å². The van der Waals surface area contributed by atoms with Crippen molar-refractivity contribution in [3.8, 4) is 0 Å². The van der Waals surface area contributed by atoms with E-state index in [1.165, 1.54) is 6.07 Å². The van der Waals surface area contributed by atoms with E-state index < -0.39 is 10.0 Å². The first-order valence-corrected chi connectivity index (χ1v) is 6.67. The van der Waals surface area contributed by atoms with E-state index in [4.69, 9.17) is 18.0 Å². The predicted molar refractivity (Wildman–Crippen MR) is 67.9 cm³/mol. The lowest BCUT2D eigenvalue weighted by molar-refractivity contribution is 0.584. The second kappa shape index (κ2) is 4.90. The topological polar surface area (TPSA) is 72.2 Å². The predicted octanol–water partition coefficient (Wildman–Crippen LogP) is 0.927. The first-order chi connectivity index (χ1) is 7.38. The number of rotatable bonds is 4.